The lowest BCUT2D eigenvalue weighted by atomic mass is 10.1. The summed E-state index contributed by atoms with van der Waals surface area (Å²) >= 11 is 0. The Morgan fingerprint density at radius 1 is 1.50 bits per heavy atom. The number of anilines is 2. The van der Waals surface area contributed by atoms with Crippen LogP contribution in [0.5, 0.6) is 5.75 Å². The number of carbonyl (C=O) groups is 1. The predicted octanol–water partition coefficient (Wildman–Crippen LogP) is 2.83. The first-order valence-electron chi connectivity index (χ1n) is 7.92. The molecule has 0 fully saturated rings. The molecular weight excluding hydrogens is 280 g/mol. The predicted molar refractivity (Wildman–Crippen MR) is 88.2 cm³/mol. The molecule has 0 aromatic heterocycles. The van der Waals surface area contributed by atoms with Crippen LogP contribution >= 0.6 is 0 Å². The molecule has 0 bridgehead atoms. The lowest BCUT2D eigenvalue weighted by molar-refractivity contribution is -0.146. The zero-order chi connectivity index (χ0) is 16.3. The smallest absolute Gasteiger partial charge is 0.328 e. The van der Waals surface area contributed by atoms with Gasteiger partial charge in [-0.25, -0.2) is 4.79 Å². The van der Waals surface area contributed by atoms with E-state index in [-0.39, 0.29) is 18.1 Å². The fourth-order valence-electron chi connectivity index (χ4n) is 2.71. The zero-order valence-electron chi connectivity index (χ0n) is 13.8. The Morgan fingerprint density at radius 2 is 2.23 bits per heavy atom. The number of benzene rings is 1. The van der Waals surface area contributed by atoms with Crippen molar-refractivity contribution in [3.63, 3.8) is 0 Å². The second-order valence-corrected chi connectivity index (χ2v) is 6.22. The number of fused-ring (bicyclic) bond motifs is 1. The van der Waals surface area contributed by atoms with Crippen molar-refractivity contribution in [3.8, 4) is 5.75 Å². The van der Waals surface area contributed by atoms with Gasteiger partial charge in [0.2, 0.25) is 0 Å². The van der Waals surface area contributed by atoms with E-state index in [1.165, 1.54) is 0 Å². The van der Waals surface area contributed by atoms with Crippen molar-refractivity contribution < 1.29 is 14.3 Å². The summed E-state index contributed by atoms with van der Waals surface area (Å²) in [5.41, 5.74) is 7.54. The molecule has 0 saturated carbocycles. The highest BCUT2D eigenvalue weighted by Crippen LogP contribution is 2.39. The van der Waals surface area contributed by atoms with E-state index in [1.807, 2.05) is 50.8 Å². The van der Waals surface area contributed by atoms with E-state index in [4.69, 9.17) is 15.2 Å². The number of nitrogen functional groups attached to an aromatic ring is 1. The summed E-state index contributed by atoms with van der Waals surface area (Å²) in [5, 5.41) is 0. The third-order valence-corrected chi connectivity index (χ3v) is 3.69. The van der Waals surface area contributed by atoms with Gasteiger partial charge in [0.05, 0.1) is 18.8 Å². The van der Waals surface area contributed by atoms with E-state index in [2.05, 4.69) is 0 Å². The molecule has 1 heterocycles. The van der Waals surface area contributed by atoms with Crippen molar-refractivity contribution >= 4 is 17.3 Å². The van der Waals surface area contributed by atoms with Crippen LogP contribution in [0.2, 0.25) is 0 Å². The van der Waals surface area contributed by atoms with Crippen LogP contribution in [0.1, 0.15) is 34.1 Å². The molecule has 5 heteroatoms. The van der Waals surface area contributed by atoms with Gasteiger partial charge >= 0.3 is 5.97 Å². The lowest BCUT2D eigenvalue weighted by Crippen LogP contribution is -2.49. The lowest BCUT2D eigenvalue weighted by Gasteiger charge is -2.39. The van der Waals surface area contributed by atoms with Crippen molar-refractivity contribution in [3.05, 3.63) is 18.2 Å². The highest BCUT2D eigenvalue weighted by atomic mass is 16.5. The molecule has 1 aliphatic rings. The third kappa shape index (κ3) is 3.46. The average molecular weight is 306 g/mol. The van der Waals surface area contributed by atoms with Gasteiger partial charge in [-0.2, -0.15) is 0 Å². The number of para-hydroxylation sites is 1. The number of hydrogen-bond acceptors (Lipinski definition) is 5. The minimum atomic E-state index is -0.339. The molecule has 0 spiro atoms. The standard InChI is InChI=1S/C17H26N2O3/c1-5-14(17(20)21-10-11(2)3)19-9-12(4)22-15-8-6-7-13(18)16(15)19/h6-8,11-12,14H,5,9-10,18H2,1-4H3. The Balaban J connectivity index is 2.28. The largest absolute Gasteiger partial charge is 0.487 e. The summed E-state index contributed by atoms with van der Waals surface area (Å²) in [5.74, 6) is 0.857. The van der Waals surface area contributed by atoms with Gasteiger partial charge in [0, 0.05) is 0 Å². The molecule has 22 heavy (non-hydrogen) atoms. The Labute approximate surface area is 132 Å². The highest BCUT2D eigenvalue weighted by Gasteiger charge is 2.34. The molecular formula is C17H26N2O3. The van der Waals surface area contributed by atoms with Crippen LogP contribution in [-0.4, -0.2) is 31.3 Å². The summed E-state index contributed by atoms with van der Waals surface area (Å²) in [6.07, 6.45) is 0.665. The summed E-state index contributed by atoms with van der Waals surface area (Å²) in [6, 6.07) is 5.24. The maximum atomic E-state index is 12.5. The molecule has 2 N–H and O–H groups in total. The summed E-state index contributed by atoms with van der Waals surface area (Å²) in [6.45, 7) is 9.09. The van der Waals surface area contributed by atoms with Gasteiger partial charge in [-0.1, -0.05) is 26.8 Å². The second-order valence-electron chi connectivity index (χ2n) is 6.22. The molecule has 2 rings (SSSR count). The zero-order valence-corrected chi connectivity index (χ0v) is 13.8. The van der Waals surface area contributed by atoms with Crippen LogP contribution in [0.15, 0.2) is 18.2 Å². The van der Waals surface area contributed by atoms with Crippen LogP contribution in [0.3, 0.4) is 0 Å². The van der Waals surface area contributed by atoms with Gasteiger partial charge in [-0.3, -0.25) is 0 Å². The van der Waals surface area contributed by atoms with Crippen LogP contribution in [-0.2, 0) is 9.53 Å². The maximum absolute atomic E-state index is 12.5. The first-order valence-corrected chi connectivity index (χ1v) is 7.92. The fourth-order valence-corrected chi connectivity index (χ4v) is 2.71. The monoisotopic (exact) mass is 306 g/mol. The van der Waals surface area contributed by atoms with E-state index < -0.39 is 0 Å². The van der Waals surface area contributed by atoms with Gasteiger partial charge in [-0.15, -0.1) is 0 Å². The SMILES string of the molecule is CCC(C(=O)OCC(C)C)N1CC(C)Oc2cccc(N)c21. The van der Waals surface area contributed by atoms with Gasteiger partial charge < -0.3 is 20.1 Å². The molecule has 0 aliphatic carbocycles. The molecule has 0 saturated heterocycles. The van der Waals surface area contributed by atoms with Crippen LogP contribution in [0.4, 0.5) is 11.4 Å². The van der Waals surface area contributed by atoms with Crippen LogP contribution in [0.25, 0.3) is 0 Å². The van der Waals surface area contributed by atoms with Crippen molar-refractivity contribution in [1.29, 1.82) is 0 Å². The van der Waals surface area contributed by atoms with Crippen molar-refractivity contribution in [2.45, 2.75) is 46.3 Å². The topological polar surface area (TPSA) is 64.8 Å². The third-order valence-electron chi connectivity index (χ3n) is 3.69. The normalized spacial score (nSPS) is 18.6. The van der Waals surface area contributed by atoms with Crippen LogP contribution < -0.4 is 15.4 Å². The molecule has 122 valence electrons. The van der Waals surface area contributed by atoms with Crippen molar-refractivity contribution in [1.82, 2.24) is 0 Å². The first kappa shape index (κ1) is 16.5. The Morgan fingerprint density at radius 3 is 2.86 bits per heavy atom. The Kier molecular flexibility index (Phi) is 5.16. The molecule has 0 amide bonds. The number of hydrogen-bond donors (Lipinski definition) is 1. The van der Waals surface area contributed by atoms with Gasteiger partial charge in [0.25, 0.3) is 0 Å². The molecule has 0 radical (unpaired) electrons. The molecule has 1 aliphatic heterocycles. The maximum Gasteiger partial charge on any atom is 0.328 e. The molecule has 1 aromatic rings. The molecule has 2 atom stereocenters. The number of nitrogens with two attached hydrogens (primary N) is 1. The number of ether oxygens (including phenoxy) is 2. The summed E-state index contributed by atoms with van der Waals surface area (Å²) in [4.78, 5) is 14.5. The fraction of sp³-hybridized carbons (Fsp3) is 0.588. The molecule has 1 aromatic carbocycles. The minimum Gasteiger partial charge on any atom is -0.487 e. The van der Waals surface area contributed by atoms with Crippen molar-refractivity contribution in [2.75, 3.05) is 23.8 Å². The number of rotatable bonds is 5. The second kappa shape index (κ2) is 6.90. The Bertz CT molecular complexity index is 531. The number of nitrogens with zero attached hydrogens (tertiary/aromatic N) is 1. The molecule has 2 unspecified atom stereocenters. The van der Waals surface area contributed by atoms with E-state index >= 15 is 0 Å². The Hall–Kier alpha value is -1.91. The van der Waals surface area contributed by atoms with E-state index in [0.717, 1.165) is 11.4 Å². The van der Waals surface area contributed by atoms with E-state index in [9.17, 15) is 4.79 Å². The molecule has 5 nitrogen and oxygen atoms in total. The quantitative estimate of drug-likeness (QED) is 0.669. The highest BCUT2D eigenvalue weighted by molar-refractivity contribution is 5.85. The van der Waals surface area contributed by atoms with Gasteiger partial charge in [0.1, 0.15) is 23.6 Å². The van der Waals surface area contributed by atoms with E-state index in [1.54, 1.807) is 0 Å². The van der Waals surface area contributed by atoms with Gasteiger partial charge in [-0.05, 0) is 31.4 Å². The number of esters is 1. The van der Waals surface area contributed by atoms with Gasteiger partial charge in [0.15, 0.2) is 0 Å². The number of carbonyl (C=O) groups excluding carboxylic acids is 1. The van der Waals surface area contributed by atoms with Crippen molar-refractivity contribution in [2.24, 2.45) is 5.92 Å². The first-order chi connectivity index (χ1) is 10.4. The van der Waals surface area contributed by atoms with E-state index in [0.29, 0.717) is 31.2 Å². The summed E-state index contributed by atoms with van der Waals surface area (Å²) in [7, 11) is 0. The summed E-state index contributed by atoms with van der Waals surface area (Å²) < 4.78 is 11.3. The average Bonchev–Trinajstić information content (AvgIpc) is 2.45. The minimum absolute atomic E-state index is 0.00116. The van der Waals surface area contributed by atoms with Crippen LogP contribution in [0, 0.1) is 5.92 Å².